The molecular formula is C10H17. The first-order chi connectivity index (χ1) is 4.93. The molecule has 2 atom stereocenters. The van der Waals surface area contributed by atoms with E-state index in [0.717, 1.165) is 11.8 Å². The second kappa shape index (κ2) is 2.56. The minimum atomic E-state index is 1.12. The van der Waals surface area contributed by atoms with Crippen molar-refractivity contribution in [2.45, 2.75) is 45.4 Å². The predicted octanol–water partition coefficient (Wildman–Crippen LogP) is 3.18. The molecular weight excluding hydrogens is 120 g/mol. The van der Waals surface area contributed by atoms with Crippen LogP contribution in [0.4, 0.5) is 0 Å². The molecule has 0 aliphatic heterocycles. The highest BCUT2D eigenvalue weighted by atomic mass is 14.6. The molecule has 0 aromatic heterocycles. The van der Waals surface area contributed by atoms with Crippen LogP contribution in [0, 0.1) is 17.8 Å². The number of hydrogen-bond donors (Lipinski definition) is 0. The van der Waals surface area contributed by atoms with Gasteiger partial charge in [0.1, 0.15) is 0 Å². The molecule has 2 saturated carbocycles. The summed E-state index contributed by atoms with van der Waals surface area (Å²) in [6, 6.07) is 0. The Balaban J connectivity index is 1.69. The maximum absolute atomic E-state index is 2.29. The van der Waals surface area contributed by atoms with Crippen LogP contribution >= 0.6 is 0 Å². The van der Waals surface area contributed by atoms with E-state index in [-0.39, 0.29) is 0 Å². The van der Waals surface area contributed by atoms with Gasteiger partial charge in [0.2, 0.25) is 0 Å². The molecule has 0 spiro atoms. The van der Waals surface area contributed by atoms with Crippen LogP contribution in [0.2, 0.25) is 0 Å². The van der Waals surface area contributed by atoms with Crippen molar-refractivity contribution in [3.63, 3.8) is 0 Å². The molecule has 0 heterocycles. The van der Waals surface area contributed by atoms with Gasteiger partial charge in [-0.3, -0.25) is 0 Å². The highest BCUT2D eigenvalue weighted by Gasteiger charge is 2.51. The molecule has 0 aromatic carbocycles. The molecule has 0 heteroatoms. The lowest BCUT2D eigenvalue weighted by molar-refractivity contribution is 0.675. The van der Waals surface area contributed by atoms with E-state index in [1.165, 1.54) is 38.5 Å². The molecule has 0 amide bonds. The van der Waals surface area contributed by atoms with Crippen LogP contribution in [-0.2, 0) is 0 Å². The summed E-state index contributed by atoms with van der Waals surface area (Å²) in [5.41, 5.74) is 0. The Morgan fingerprint density at radius 3 is 2.60 bits per heavy atom. The summed E-state index contributed by atoms with van der Waals surface area (Å²) in [7, 11) is 0. The third-order valence-electron chi connectivity index (χ3n) is 3.18. The van der Waals surface area contributed by atoms with Gasteiger partial charge in [0, 0.05) is 0 Å². The summed E-state index contributed by atoms with van der Waals surface area (Å²) in [5.74, 6) is 4.17. The van der Waals surface area contributed by atoms with Gasteiger partial charge in [-0.05, 0) is 37.0 Å². The third kappa shape index (κ3) is 0.980. The van der Waals surface area contributed by atoms with Gasteiger partial charge in [-0.2, -0.15) is 0 Å². The predicted molar refractivity (Wildman–Crippen MR) is 43.6 cm³/mol. The van der Waals surface area contributed by atoms with Gasteiger partial charge in [-0.25, -0.2) is 0 Å². The van der Waals surface area contributed by atoms with Crippen LogP contribution in [0.15, 0.2) is 0 Å². The number of fused-ring (bicyclic) bond motifs is 1. The third-order valence-corrected chi connectivity index (χ3v) is 3.18. The van der Waals surface area contributed by atoms with Gasteiger partial charge in [0.15, 0.2) is 0 Å². The van der Waals surface area contributed by atoms with Crippen molar-refractivity contribution in [3.8, 4) is 0 Å². The Morgan fingerprint density at radius 1 is 1.30 bits per heavy atom. The lowest BCUT2D eigenvalue weighted by Crippen LogP contribution is -1.84. The van der Waals surface area contributed by atoms with Crippen molar-refractivity contribution in [1.29, 1.82) is 0 Å². The van der Waals surface area contributed by atoms with Crippen molar-refractivity contribution in [3.05, 3.63) is 5.92 Å². The largest absolute Gasteiger partial charge is 0.0654 e. The maximum Gasteiger partial charge on any atom is -0.0173 e. The Labute approximate surface area is 64.0 Å². The van der Waals surface area contributed by atoms with Crippen LogP contribution < -0.4 is 0 Å². The number of hydrogen-bond acceptors (Lipinski definition) is 0. The molecule has 2 fully saturated rings. The van der Waals surface area contributed by atoms with E-state index in [1.807, 2.05) is 5.92 Å². The number of unbranched alkanes of at least 4 members (excludes halogenated alkanes) is 1. The molecule has 0 aromatic rings. The minimum absolute atomic E-state index is 1.12. The second-order valence-corrected chi connectivity index (χ2v) is 3.82. The summed E-state index contributed by atoms with van der Waals surface area (Å²) in [6.45, 7) is 2.29. The maximum atomic E-state index is 2.29. The fraction of sp³-hybridized carbons (Fsp3) is 0.900. The van der Waals surface area contributed by atoms with E-state index < -0.39 is 0 Å². The van der Waals surface area contributed by atoms with Gasteiger partial charge in [0.05, 0.1) is 0 Å². The molecule has 1 radical (unpaired) electrons. The van der Waals surface area contributed by atoms with Crippen LogP contribution in [0.25, 0.3) is 0 Å². The molecule has 10 heavy (non-hydrogen) atoms. The van der Waals surface area contributed by atoms with Crippen molar-refractivity contribution < 1.29 is 0 Å². The highest BCUT2D eigenvalue weighted by Crippen LogP contribution is 2.61. The van der Waals surface area contributed by atoms with E-state index in [4.69, 9.17) is 0 Å². The molecule has 0 bridgehead atoms. The summed E-state index contributed by atoms with van der Waals surface area (Å²) in [6.07, 6.45) is 8.87. The zero-order chi connectivity index (χ0) is 6.97. The normalized spacial score (nSPS) is 38.1. The second-order valence-electron chi connectivity index (χ2n) is 3.82. The Hall–Kier alpha value is 0. The van der Waals surface area contributed by atoms with Crippen molar-refractivity contribution in [2.24, 2.45) is 11.8 Å². The fourth-order valence-electron chi connectivity index (χ4n) is 2.53. The van der Waals surface area contributed by atoms with Crippen molar-refractivity contribution in [1.82, 2.24) is 0 Å². The summed E-state index contributed by atoms with van der Waals surface area (Å²) in [5, 5.41) is 0. The monoisotopic (exact) mass is 137 g/mol. The zero-order valence-electron chi connectivity index (χ0n) is 6.90. The van der Waals surface area contributed by atoms with E-state index in [0.29, 0.717) is 0 Å². The molecule has 0 saturated heterocycles. The molecule has 2 aliphatic rings. The topological polar surface area (TPSA) is 0 Å². The van der Waals surface area contributed by atoms with Gasteiger partial charge in [0.25, 0.3) is 0 Å². The quantitative estimate of drug-likeness (QED) is 0.560. The first-order valence-electron chi connectivity index (χ1n) is 4.79. The Kier molecular flexibility index (Phi) is 1.71. The SMILES string of the molecule is CCCC[C]1C2CCCC12. The first kappa shape index (κ1) is 6.69. The number of rotatable bonds is 3. The average molecular weight is 137 g/mol. The summed E-state index contributed by atoms with van der Waals surface area (Å²) in [4.78, 5) is 0. The molecule has 2 unspecified atom stereocenters. The van der Waals surface area contributed by atoms with E-state index >= 15 is 0 Å². The molecule has 0 N–H and O–H groups in total. The summed E-state index contributed by atoms with van der Waals surface area (Å²) < 4.78 is 0. The lowest BCUT2D eigenvalue weighted by atomic mass is 10.1. The van der Waals surface area contributed by atoms with E-state index in [2.05, 4.69) is 6.92 Å². The van der Waals surface area contributed by atoms with Gasteiger partial charge in [-0.15, -0.1) is 0 Å². The molecule has 2 rings (SSSR count). The molecule has 2 aliphatic carbocycles. The van der Waals surface area contributed by atoms with Crippen molar-refractivity contribution >= 4 is 0 Å². The van der Waals surface area contributed by atoms with E-state index in [1.54, 1.807) is 0 Å². The van der Waals surface area contributed by atoms with Gasteiger partial charge >= 0.3 is 0 Å². The van der Waals surface area contributed by atoms with Crippen LogP contribution in [0.3, 0.4) is 0 Å². The van der Waals surface area contributed by atoms with E-state index in [9.17, 15) is 0 Å². The fourth-order valence-corrected chi connectivity index (χ4v) is 2.53. The average Bonchev–Trinajstić information content (AvgIpc) is 2.46. The lowest BCUT2D eigenvalue weighted by Gasteiger charge is -1.99. The minimum Gasteiger partial charge on any atom is -0.0654 e. The highest BCUT2D eigenvalue weighted by molar-refractivity contribution is 5.23. The van der Waals surface area contributed by atoms with Crippen molar-refractivity contribution in [2.75, 3.05) is 0 Å². The van der Waals surface area contributed by atoms with Crippen LogP contribution in [0.5, 0.6) is 0 Å². The Morgan fingerprint density at radius 2 is 2.00 bits per heavy atom. The standard InChI is InChI=1S/C10H17/c1-2-3-5-8-9-6-4-7-10(8)9/h9-10H,2-7H2,1H3. The van der Waals surface area contributed by atoms with Crippen LogP contribution in [-0.4, -0.2) is 0 Å². The molecule has 57 valence electrons. The first-order valence-corrected chi connectivity index (χ1v) is 4.79. The molecule has 0 nitrogen and oxygen atoms in total. The zero-order valence-corrected chi connectivity index (χ0v) is 6.90. The smallest absolute Gasteiger partial charge is 0.0173 e. The van der Waals surface area contributed by atoms with Crippen LogP contribution in [0.1, 0.15) is 45.4 Å². The Bertz CT molecular complexity index is 107. The van der Waals surface area contributed by atoms with Gasteiger partial charge < -0.3 is 0 Å². The summed E-state index contributed by atoms with van der Waals surface area (Å²) >= 11 is 0. The van der Waals surface area contributed by atoms with Gasteiger partial charge in [-0.1, -0.05) is 26.2 Å².